The van der Waals surface area contributed by atoms with Crippen LogP contribution < -0.4 is 5.73 Å². The van der Waals surface area contributed by atoms with E-state index in [-0.39, 0.29) is 24.9 Å². The first-order valence-corrected chi connectivity index (χ1v) is 11.4. The lowest BCUT2D eigenvalue weighted by Crippen LogP contribution is -2.59. The van der Waals surface area contributed by atoms with Gasteiger partial charge < -0.3 is 20.3 Å². The van der Waals surface area contributed by atoms with E-state index in [1.165, 1.54) is 0 Å². The van der Waals surface area contributed by atoms with E-state index in [1.54, 1.807) is 27.7 Å². The maximum absolute atomic E-state index is 13.2. The zero-order valence-electron chi connectivity index (χ0n) is 19.6. The third kappa shape index (κ3) is 6.31. The quantitative estimate of drug-likeness (QED) is 0.433. The minimum absolute atomic E-state index is 0.0674. The summed E-state index contributed by atoms with van der Waals surface area (Å²) in [6, 6.07) is 8.55. The number of hydrogen-bond donors (Lipinski definition) is 2. The molecule has 178 valence electrons. The zero-order chi connectivity index (χ0) is 23.9. The van der Waals surface area contributed by atoms with E-state index in [0.717, 1.165) is 18.4 Å². The first kappa shape index (κ1) is 25.8. The van der Waals surface area contributed by atoms with Crippen molar-refractivity contribution in [2.45, 2.75) is 84.5 Å². The predicted octanol–water partition coefficient (Wildman–Crippen LogP) is 4.08. The first-order valence-electron chi connectivity index (χ1n) is 11.4. The van der Waals surface area contributed by atoms with Crippen LogP contribution in [0, 0.1) is 17.3 Å². The fourth-order valence-corrected chi connectivity index (χ4v) is 4.65. The molecule has 3 N–H and O–H groups in total. The van der Waals surface area contributed by atoms with Gasteiger partial charge in [-0.3, -0.25) is 14.4 Å². The summed E-state index contributed by atoms with van der Waals surface area (Å²) in [6.45, 7) is 7.10. The molecule has 0 radical (unpaired) electrons. The van der Waals surface area contributed by atoms with Crippen LogP contribution in [0.5, 0.6) is 0 Å². The SMILES string of the molecule is CCC(N)C(C(=O)O)(C(=O)OC(C)(C)C)C1CCCC(CC(=O)OCc2ccccc2)C1. The monoisotopic (exact) mass is 447 g/mol. The summed E-state index contributed by atoms with van der Waals surface area (Å²) in [7, 11) is 0. The maximum atomic E-state index is 13.2. The Balaban J connectivity index is 2.15. The predicted molar refractivity (Wildman–Crippen MR) is 120 cm³/mol. The van der Waals surface area contributed by atoms with E-state index in [0.29, 0.717) is 19.3 Å². The molecule has 0 saturated heterocycles. The molecule has 1 saturated carbocycles. The third-order valence-electron chi connectivity index (χ3n) is 6.24. The van der Waals surface area contributed by atoms with Gasteiger partial charge in [0.2, 0.25) is 0 Å². The van der Waals surface area contributed by atoms with Crippen LogP contribution in [0.15, 0.2) is 30.3 Å². The van der Waals surface area contributed by atoms with Crippen molar-refractivity contribution in [1.29, 1.82) is 0 Å². The Hall–Kier alpha value is -2.41. The zero-order valence-corrected chi connectivity index (χ0v) is 19.6. The third-order valence-corrected chi connectivity index (χ3v) is 6.24. The lowest BCUT2D eigenvalue weighted by atomic mass is 9.61. The number of ether oxygens (including phenoxy) is 2. The second kappa shape index (κ2) is 10.9. The van der Waals surface area contributed by atoms with Crippen LogP contribution in [0.3, 0.4) is 0 Å². The van der Waals surface area contributed by atoms with E-state index in [2.05, 4.69) is 0 Å². The Morgan fingerprint density at radius 2 is 1.81 bits per heavy atom. The minimum Gasteiger partial charge on any atom is -0.480 e. The van der Waals surface area contributed by atoms with Crippen molar-refractivity contribution < 1.29 is 29.0 Å². The van der Waals surface area contributed by atoms with Crippen LogP contribution in [-0.4, -0.2) is 34.7 Å². The van der Waals surface area contributed by atoms with Gasteiger partial charge in [0.15, 0.2) is 5.41 Å². The molecule has 7 nitrogen and oxygen atoms in total. The second-order valence-electron chi connectivity index (χ2n) is 9.77. The van der Waals surface area contributed by atoms with Gasteiger partial charge in [0.05, 0.1) is 0 Å². The lowest BCUT2D eigenvalue weighted by molar-refractivity contribution is -0.185. The molecule has 0 amide bonds. The Morgan fingerprint density at radius 1 is 1.16 bits per heavy atom. The molecule has 7 heteroatoms. The summed E-state index contributed by atoms with van der Waals surface area (Å²) in [5.41, 5.74) is 4.53. The summed E-state index contributed by atoms with van der Waals surface area (Å²) in [4.78, 5) is 38.2. The Bertz CT molecular complexity index is 787. The number of benzene rings is 1. The molecular weight excluding hydrogens is 410 g/mol. The second-order valence-corrected chi connectivity index (χ2v) is 9.77. The van der Waals surface area contributed by atoms with Gasteiger partial charge in [0, 0.05) is 12.5 Å². The van der Waals surface area contributed by atoms with Gasteiger partial charge >= 0.3 is 17.9 Å². The first-order chi connectivity index (χ1) is 15.0. The van der Waals surface area contributed by atoms with Crippen molar-refractivity contribution >= 4 is 17.9 Å². The summed E-state index contributed by atoms with van der Waals surface area (Å²) >= 11 is 0. The van der Waals surface area contributed by atoms with E-state index >= 15 is 0 Å². The lowest BCUT2D eigenvalue weighted by Gasteiger charge is -2.43. The smallest absolute Gasteiger partial charge is 0.325 e. The molecule has 4 unspecified atom stereocenters. The van der Waals surface area contributed by atoms with Crippen molar-refractivity contribution in [2.24, 2.45) is 23.0 Å². The molecule has 0 aliphatic heterocycles. The molecule has 4 atom stereocenters. The fourth-order valence-electron chi connectivity index (χ4n) is 4.65. The molecule has 0 bridgehead atoms. The highest BCUT2D eigenvalue weighted by atomic mass is 16.6. The molecule has 1 aromatic rings. The standard InChI is InChI=1S/C25H37NO6/c1-5-20(26)25(22(28)29,23(30)32-24(2,3)4)19-13-9-12-18(14-19)15-21(27)31-16-17-10-7-6-8-11-17/h6-8,10-11,18-20H,5,9,12-16,26H2,1-4H3,(H,28,29). The number of carbonyl (C=O) groups is 3. The van der Waals surface area contributed by atoms with Crippen LogP contribution in [0.4, 0.5) is 0 Å². The highest BCUT2D eigenvalue weighted by Crippen LogP contribution is 2.46. The Labute approximate surface area is 190 Å². The Kier molecular flexibility index (Phi) is 8.84. The molecule has 1 aliphatic carbocycles. The molecule has 0 heterocycles. The number of carboxylic acid groups (broad SMARTS) is 1. The van der Waals surface area contributed by atoms with Gasteiger partial charge in [-0.05, 0) is 63.9 Å². The number of esters is 2. The average molecular weight is 448 g/mol. The minimum atomic E-state index is -1.84. The molecule has 1 fully saturated rings. The molecule has 0 spiro atoms. The summed E-state index contributed by atoms with van der Waals surface area (Å²) < 4.78 is 11.0. The van der Waals surface area contributed by atoms with Crippen LogP contribution in [0.1, 0.15) is 71.8 Å². The summed E-state index contributed by atoms with van der Waals surface area (Å²) in [6.07, 6.45) is 2.98. The molecule has 32 heavy (non-hydrogen) atoms. The van der Waals surface area contributed by atoms with E-state index in [9.17, 15) is 19.5 Å². The molecule has 1 aliphatic rings. The topological polar surface area (TPSA) is 116 Å². The van der Waals surface area contributed by atoms with Crippen LogP contribution in [-0.2, 0) is 30.5 Å². The summed E-state index contributed by atoms with van der Waals surface area (Å²) in [5, 5.41) is 10.3. The van der Waals surface area contributed by atoms with Crippen molar-refractivity contribution in [3.8, 4) is 0 Å². The Morgan fingerprint density at radius 3 is 2.38 bits per heavy atom. The van der Waals surface area contributed by atoms with Crippen LogP contribution in [0.2, 0.25) is 0 Å². The van der Waals surface area contributed by atoms with Gasteiger partial charge in [-0.25, -0.2) is 0 Å². The highest BCUT2D eigenvalue weighted by Gasteiger charge is 2.58. The molecular formula is C25H37NO6. The number of carbonyl (C=O) groups excluding carboxylic acids is 2. The normalized spacial score (nSPS) is 21.8. The number of nitrogens with two attached hydrogens (primary N) is 1. The van der Waals surface area contributed by atoms with E-state index < -0.39 is 34.9 Å². The number of aliphatic carboxylic acids is 1. The molecule has 1 aromatic carbocycles. The van der Waals surface area contributed by atoms with Crippen molar-refractivity contribution in [3.63, 3.8) is 0 Å². The largest absolute Gasteiger partial charge is 0.480 e. The van der Waals surface area contributed by atoms with Crippen molar-refractivity contribution in [3.05, 3.63) is 35.9 Å². The van der Waals surface area contributed by atoms with Crippen molar-refractivity contribution in [1.82, 2.24) is 0 Å². The van der Waals surface area contributed by atoms with Crippen LogP contribution >= 0.6 is 0 Å². The number of hydrogen-bond acceptors (Lipinski definition) is 6. The highest BCUT2D eigenvalue weighted by molar-refractivity contribution is 6.00. The average Bonchev–Trinajstić information content (AvgIpc) is 2.72. The van der Waals surface area contributed by atoms with Gasteiger partial charge in [-0.15, -0.1) is 0 Å². The molecule has 0 aromatic heterocycles. The van der Waals surface area contributed by atoms with Gasteiger partial charge in [-0.1, -0.05) is 43.7 Å². The van der Waals surface area contributed by atoms with Gasteiger partial charge in [0.1, 0.15) is 12.2 Å². The van der Waals surface area contributed by atoms with Crippen LogP contribution in [0.25, 0.3) is 0 Å². The molecule has 2 rings (SSSR count). The van der Waals surface area contributed by atoms with E-state index in [4.69, 9.17) is 15.2 Å². The number of carboxylic acids is 1. The van der Waals surface area contributed by atoms with E-state index in [1.807, 2.05) is 30.3 Å². The summed E-state index contributed by atoms with van der Waals surface area (Å²) in [5.74, 6) is -2.94. The maximum Gasteiger partial charge on any atom is 0.325 e. The number of rotatable bonds is 9. The fraction of sp³-hybridized carbons (Fsp3) is 0.640. The van der Waals surface area contributed by atoms with Crippen molar-refractivity contribution in [2.75, 3.05) is 0 Å². The van der Waals surface area contributed by atoms with Gasteiger partial charge in [0.25, 0.3) is 0 Å². The van der Waals surface area contributed by atoms with Gasteiger partial charge in [-0.2, -0.15) is 0 Å².